The minimum atomic E-state index is 0.934. The van der Waals surface area contributed by atoms with E-state index in [4.69, 9.17) is 0 Å². The van der Waals surface area contributed by atoms with Gasteiger partial charge in [0.2, 0.25) is 0 Å². The van der Waals surface area contributed by atoms with Gasteiger partial charge in [0, 0.05) is 0 Å². The summed E-state index contributed by atoms with van der Waals surface area (Å²) in [6.07, 6.45) is 24.2. The van der Waals surface area contributed by atoms with Crippen LogP contribution in [0.2, 0.25) is 0 Å². The Hall–Kier alpha value is -0.780. The third-order valence-corrected chi connectivity index (χ3v) is 7.27. The zero-order valence-electron chi connectivity index (χ0n) is 20.5. The molecule has 0 N–H and O–H groups in total. The van der Waals surface area contributed by atoms with E-state index in [1.807, 2.05) is 0 Å². The predicted octanol–water partition coefficient (Wildman–Crippen LogP) is 10.2. The smallest absolute Gasteiger partial charge is 0.0283 e. The van der Waals surface area contributed by atoms with Crippen LogP contribution in [0.3, 0.4) is 0 Å². The Morgan fingerprint density at radius 2 is 1.72 bits per heavy atom. The van der Waals surface area contributed by atoms with E-state index in [0.717, 1.165) is 17.8 Å². The first-order valence-corrected chi connectivity index (χ1v) is 12.9. The summed E-state index contributed by atoms with van der Waals surface area (Å²) in [6, 6.07) is 0. The number of unbranched alkanes of at least 4 members (excludes halogenated alkanes) is 2. The molecule has 0 nitrogen and oxygen atoms in total. The van der Waals surface area contributed by atoms with Gasteiger partial charge in [-0.3, -0.25) is 0 Å². The summed E-state index contributed by atoms with van der Waals surface area (Å²) in [5.74, 6) is 3.03. The highest BCUT2D eigenvalue weighted by Gasteiger charge is 2.20. The number of hydrogen-bond donors (Lipinski definition) is 0. The molecule has 3 atom stereocenters. The van der Waals surface area contributed by atoms with E-state index in [1.165, 1.54) is 114 Å². The highest BCUT2D eigenvalue weighted by molar-refractivity contribution is 5.12. The van der Waals surface area contributed by atoms with E-state index in [0.29, 0.717) is 0 Å². The van der Waals surface area contributed by atoms with Crippen LogP contribution >= 0.6 is 0 Å². The summed E-state index contributed by atoms with van der Waals surface area (Å²) >= 11 is 0. The molecule has 2 aliphatic carbocycles. The number of rotatable bonds is 12. The number of hydrogen-bond acceptors (Lipinski definition) is 0. The van der Waals surface area contributed by atoms with E-state index in [2.05, 4.69) is 46.9 Å². The maximum absolute atomic E-state index is 4.22. The zero-order chi connectivity index (χ0) is 21.5. The van der Waals surface area contributed by atoms with Gasteiger partial charge in [0.05, 0.1) is 0 Å². The molecule has 29 heavy (non-hydrogen) atoms. The van der Waals surface area contributed by atoms with Crippen LogP contribution in [0.15, 0.2) is 36.0 Å². The van der Waals surface area contributed by atoms with Gasteiger partial charge in [-0.2, -0.15) is 0 Å². The Morgan fingerprint density at radius 3 is 2.34 bits per heavy atom. The average Bonchev–Trinajstić information content (AvgIpc) is 3.18. The third kappa shape index (κ3) is 12.5. The van der Waals surface area contributed by atoms with E-state index < -0.39 is 0 Å². The molecule has 3 unspecified atom stereocenters. The zero-order valence-corrected chi connectivity index (χ0v) is 20.5. The van der Waals surface area contributed by atoms with Crippen LogP contribution in [0.4, 0.5) is 0 Å². The monoisotopic (exact) mass is 400 g/mol. The van der Waals surface area contributed by atoms with E-state index in [1.54, 1.807) is 5.57 Å². The van der Waals surface area contributed by atoms with Gasteiger partial charge in [-0.1, -0.05) is 102 Å². The van der Waals surface area contributed by atoms with Crippen LogP contribution < -0.4 is 0 Å². The van der Waals surface area contributed by atoms with Crippen LogP contribution in [-0.2, 0) is 0 Å². The molecule has 0 heteroatoms. The van der Waals surface area contributed by atoms with Crippen LogP contribution in [0.25, 0.3) is 0 Å². The Morgan fingerprint density at radius 1 is 1.00 bits per heavy atom. The summed E-state index contributed by atoms with van der Waals surface area (Å²) in [6.45, 7) is 17.3. The van der Waals surface area contributed by atoms with Gasteiger partial charge in [-0.05, 0) is 76.0 Å². The Labute approximate surface area is 184 Å². The van der Waals surface area contributed by atoms with E-state index in [9.17, 15) is 0 Å². The summed E-state index contributed by atoms with van der Waals surface area (Å²) in [4.78, 5) is 0. The Bertz CT molecular complexity index is 480. The van der Waals surface area contributed by atoms with Gasteiger partial charge in [-0.25, -0.2) is 0 Å². The molecule has 0 radical (unpaired) electrons. The molecule has 2 aliphatic rings. The van der Waals surface area contributed by atoms with E-state index in [-0.39, 0.29) is 0 Å². The Kier molecular flexibility index (Phi) is 14.5. The lowest BCUT2D eigenvalue weighted by molar-refractivity contribution is 0.237. The molecule has 0 heterocycles. The first kappa shape index (κ1) is 26.3. The van der Waals surface area contributed by atoms with Gasteiger partial charge < -0.3 is 0 Å². The van der Waals surface area contributed by atoms with Crippen molar-refractivity contribution in [3.05, 3.63) is 36.0 Å². The summed E-state index contributed by atoms with van der Waals surface area (Å²) in [7, 11) is 0. The molecule has 168 valence electrons. The molecule has 0 aromatic carbocycles. The van der Waals surface area contributed by atoms with Gasteiger partial charge in [0.1, 0.15) is 0 Å². The highest BCUT2D eigenvalue weighted by atomic mass is 14.3. The van der Waals surface area contributed by atoms with Crippen molar-refractivity contribution in [3.63, 3.8) is 0 Å². The second kappa shape index (κ2) is 16.0. The molecule has 0 aromatic heterocycles. The molecule has 2 rings (SSSR count). The molecular weight excluding hydrogens is 348 g/mol. The van der Waals surface area contributed by atoms with Crippen molar-refractivity contribution in [3.8, 4) is 0 Å². The quantitative estimate of drug-likeness (QED) is 0.226. The van der Waals surface area contributed by atoms with Gasteiger partial charge >= 0.3 is 0 Å². The standard InChI is InChI=1S/C18H30.C11H22/c1-5-17-12-13-18(14-17)11-10-16(4)9-7-6-8-15(2)3;1-3-4-8-11-9-6-5-7-10(11)2/h13,17H,2,4-12,14H2,1,3H3;10-11H,3-9H2,1-2H3. The average molecular weight is 401 g/mol. The summed E-state index contributed by atoms with van der Waals surface area (Å²) < 4.78 is 0. The second-order valence-electron chi connectivity index (χ2n) is 10.2. The predicted molar refractivity (Wildman–Crippen MR) is 133 cm³/mol. The molecule has 1 saturated carbocycles. The molecule has 0 bridgehead atoms. The topological polar surface area (TPSA) is 0 Å². The molecule has 0 amide bonds. The first-order valence-electron chi connectivity index (χ1n) is 12.9. The highest BCUT2D eigenvalue weighted by Crippen LogP contribution is 2.33. The molecule has 0 aliphatic heterocycles. The second-order valence-corrected chi connectivity index (χ2v) is 10.2. The SMILES string of the molecule is C=C(C)CCCCC(=C)CCC1=CCC(CC)C1.CCCCC1CCCCC1C. The first-order chi connectivity index (χ1) is 14.0. The van der Waals surface area contributed by atoms with Crippen molar-refractivity contribution in [2.75, 3.05) is 0 Å². The lowest BCUT2D eigenvalue weighted by atomic mass is 9.78. The lowest BCUT2D eigenvalue weighted by Gasteiger charge is -2.28. The minimum Gasteiger partial charge on any atom is -0.100 e. The fourth-order valence-electron chi connectivity index (χ4n) is 4.94. The fourth-order valence-corrected chi connectivity index (χ4v) is 4.94. The van der Waals surface area contributed by atoms with Gasteiger partial charge in [0.25, 0.3) is 0 Å². The Balaban J connectivity index is 0.000000326. The van der Waals surface area contributed by atoms with Crippen LogP contribution in [0.1, 0.15) is 130 Å². The van der Waals surface area contributed by atoms with Crippen molar-refractivity contribution in [2.45, 2.75) is 130 Å². The number of allylic oxidation sites excluding steroid dienone is 4. The van der Waals surface area contributed by atoms with Gasteiger partial charge in [-0.15, -0.1) is 6.58 Å². The molecule has 0 aromatic rings. The summed E-state index contributed by atoms with van der Waals surface area (Å²) in [5, 5.41) is 0. The fraction of sp³-hybridized carbons (Fsp3) is 0.793. The largest absolute Gasteiger partial charge is 0.100 e. The minimum absolute atomic E-state index is 0.934. The van der Waals surface area contributed by atoms with Crippen molar-refractivity contribution in [1.82, 2.24) is 0 Å². The maximum atomic E-state index is 4.22. The normalized spacial score (nSPS) is 23.9. The summed E-state index contributed by atoms with van der Waals surface area (Å²) in [5.41, 5.74) is 4.44. The van der Waals surface area contributed by atoms with Gasteiger partial charge in [0.15, 0.2) is 0 Å². The van der Waals surface area contributed by atoms with Crippen LogP contribution in [0.5, 0.6) is 0 Å². The lowest BCUT2D eigenvalue weighted by Crippen LogP contribution is -2.16. The van der Waals surface area contributed by atoms with E-state index >= 15 is 0 Å². The van der Waals surface area contributed by atoms with Crippen molar-refractivity contribution < 1.29 is 0 Å². The van der Waals surface area contributed by atoms with Crippen molar-refractivity contribution in [1.29, 1.82) is 0 Å². The molecule has 0 saturated heterocycles. The van der Waals surface area contributed by atoms with Crippen LogP contribution in [-0.4, -0.2) is 0 Å². The van der Waals surface area contributed by atoms with Crippen molar-refractivity contribution in [2.24, 2.45) is 17.8 Å². The molecular formula is C29H52. The maximum Gasteiger partial charge on any atom is -0.0283 e. The molecule has 0 spiro atoms. The molecule has 1 fully saturated rings. The van der Waals surface area contributed by atoms with Crippen molar-refractivity contribution >= 4 is 0 Å². The third-order valence-electron chi connectivity index (χ3n) is 7.27. The van der Waals surface area contributed by atoms with Crippen LogP contribution in [0, 0.1) is 17.8 Å².